The number of primary amides is 1. The maximum absolute atomic E-state index is 11.1. The van der Waals surface area contributed by atoms with Crippen molar-refractivity contribution in [1.29, 1.82) is 0 Å². The van der Waals surface area contributed by atoms with E-state index >= 15 is 0 Å². The molecular weight excluding hydrogens is 206 g/mol. The zero-order valence-corrected chi connectivity index (χ0v) is 9.01. The van der Waals surface area contributed by atoms with Crippen LogP contribution in [-0.4, -0.2) is 25.4 Å². The second kappa shape index (κ2) is 3.73. The van der Waals surface area contributed by atoms with Gasteiger partial charge in [-0.25, -0.2) is 9.97 Å². The van der Waals surface area contributed by atoms with E-state index < -0.39 is 5.91 Å². The van der Waals surface area contributed by atoms with Gasteiger partial charge in [-0.05, 0) is 6.92 Å². The van der Waals surface area contributed by atoms with Crippen LogP contribution < -0.4 is 5.73 Å². The van der Waals surface area contributed by atoms with Crippen LogP contribution in [0.25, 0.3) is 11.4 Å². The lowest BCUT2D eigenvalue weighted by Gasteiger charge is -2.04. The van der Waals surface area contributed by atoms with E-state index in [9.17, 15) is 4.79 Å². The standard InChI is InChI=1S/C10H11N5O/c1-6-9(10(11)16)14-7(3-13-6)8-4-12-5-15(8)2/h3-5H,1-2H3,(H2,11,16). The highest BCUT2D eigenvalue weighted by molar-refractivity contribution is 5.92. The molecule has 0 atom stereocenters. The zero-order chi connectivity index (χ0) is 11.7. The van der Waals surface area contributed by atoms with Gasteiger partial charge in [0.2, 0.25) is 0 Å². The molecule has 0 aliphatic carbocycles. The van der Waals surface area contributed by atoms with Gasteiger partial charge in [-0.3, -0.25) is 9.78 Å². The van der Waals surface area contributed by atoms with Crippen LogP contribution in [0, 0.1) is 6.92 Å². The van der Waals surface area contributed by atoms with Crippen molar-refractivity contribution in [2.75, 3.05) is 0 Å². The van der Waals surface area contributed by atoms with Crippen LogP contribution in [0.3, 0.4) is 0 Å². The van der Waals surface area contributed by atoms with E-state index in [-0.39, 0.29) is 5.69 Å². The minimum atomic E-state index is -0.575. The number of hydrogen-bond donors (Lipinski definition) is 1. The van der Waals surface area contributed by atoms with Crippen LogP contribution in [0.1, 0.15) is 16.2 Å². The summed E-state index contributed by atoms with van der Waals surface area (Å²) in [5, 5.41) is 0. The van der Waals surface area contributed by atoms with E-state index in [1.807, 2.05) is 7.05 Å². The van der Waals surface area contributed by atoms with Crippen molar-refractivity contribution >= 4 is 5.91 Å². The van der Waals surface area contributed by atoms with E-state index in [2.05, 4.69) is 15.0 Å². The normalized spacial score (nSPS) is 10.4. The Morgan fingerprint density at radius 2 is 2.19 bits per heavy atom. The largest absolute Gasteiger partial charge is 0.364 e. The zero-order valence-electron chi connectivity index (χ0n) is 9.01. The first-order valence-electron chi connectivity index (χ1n) is 4.69. The fourth-order valence-corrected chi connectivity index (χ4v) is 1.41. The molecular formula is C10H11N5O. The summed E-state index contributed by atoms with van der Waals surface area (Å²) in [6.07, 6.45) is 4.91. The van der Waals surface area contributed by atoms with Gasteiger partial charge in [0.15, 0.2) is 0 Å². The van der Waals surface area contributed by atoms with Crippen molar-refractivity contribution < 1.29 is 4.79 Å². The van der Waals surface area contributed by atoms with Crippen molar-refractivity contribution in [1.82, 2.24) is 19.5 Å². The smallest absolute Gasteiger partial charge is 0.269 e. The number of imidazole rings is 1. The summed E-state index contributed by atoms with van der Waals surface area (Å²) >= 11 is 0. The molecule has 0 fully saturated rings. The van der Waals surface area contributed by atoms with Gasteiger partial charge < -0.3 is 10.3 Å². The average Bonchev–Trinajstić information content (AvgIpc) is 2.65. The van der Waals surface area contributed by atoms with E-state index in [1.165, 1.54) is 0 Å². The van der Waals surface area contributed by atoms with Crippen molar-refractivity contribution in [3.63, 3.8) is 0 Å². The van der Waals surface area contributed by atoms with Crippen LogP contribution in [0.4, 0.5) is 0 Å². The molecule has 2 N–H and O–H groups in total. The summed E-state index contributed by atoms with van der Waals surface area (Å²) in [6, 6.07) is 0. The Bertz CT molecular complexity index is 546. The molecule has 0 saturated heterocycles. The van der Waals surface area contributed by atoms with Crippen LogP contribution in [0.2, 0.25) is 0 Å². The molecule has 2 aromatic heterocycles. The van der Waals surface area contributed by atoms with E-state index in [1.54, 1.807) is 30.2 Å². The van der Waals surface area contributed by atoms with Gasteiger partial charge in [-0.15, -0.1) is 0 Å². The molecule has 0 aliphatic rings. The number of carbonyl (C=O) groups excluding carboxylic acids is 1. The van der Waals surface area contributed by atoms with E-state index in [4.69, 9.17) is 5.73 Å². The predicted molar refractivity (Wildman–Crippen MR) is 57.5 cm³/mol. The highest BCUT2D eigenvalue weighted by atomic mass is 16.1. The van der Waals surface area contributed by atoms with Gasteiger partial charge in [-0.1, -0.05) is 0 Å². The van der Waals surface area contributed by atoms with Crippen molar-refractivity contribution in [2.45, 2.75) is 6.92 Å². The molecule has 0 spiro atoms. The number of aryl methyl sites for hydroxylation is 2. The van der Waals surface area contributed by atoms with Gasteiger partial charge in [0.1, 0.15) is 11.4 Å². The molecule has 2 aromatic rings. The molecule has 2 rings (SSSR count). The molecule has 0 aliphatic heterocycles. The first-order valence-corrected chi connectivity index (χ1v) is 4.69. The van der Waals surface area contributed by atoms with E-state index in [0.717, 1.165) is 5.69 Å². The molecule has 0 radical (unpaired) electrons. The van der Waals surface area contributed by atoms with Crippen LogP contribution in [-0.2, 0) is 7.05 Å². The SMILES string of the molecule is Cc1ncc(-c2cncn2C)nc1C(N)=O. The predicted octanol–water partition coefficient (Wildman–Crippen LogP) is 0.284. The third-order valence-electron chi connectivity index (χ3n) is 2.27. The Morgan fingerprint density at radius 1 is 1.44 bits per heavy atom. The van der Waals surface area contributed by atoms with Crippen molar-refractivity contribution in [3.8, 4) is 11.4 Å². The minimum absolute atomic E-state index is 0.193. The Labute approximate surface area is 92.2 Å². The maximum Gasteiger partial charge on any atom is 0.269 e. The van der Waals surface area contributed by atoms with Crippen LogP contribution in [0.15, 0.2) is 18.7 Å². The monoisotopic (exact) mass is 217 g/mol. The molecule has 82 valence electrons. The highest BCUT2D eigenvalue weighted by Gasteiger charge is 2.11. The molecule has 6 heteroatoms. The van der Waals surface area contributed by atoms with Crippen molar-refractivity contribution in [3.05, 3.63) is 30.1 Å². The number of carbonyl (C=O) groups is 1. The topological polar surface area (TPSA) is 86.7 Å². The minimum Gasteiger partial charge on any atom is -0.364 e. The van der Waals surface area contributed by atoms with Gasteiger partial charge in [0, 0.05) is 7.05 Å². The van der Waals surface area contributed by atoms with Crippen LogP contribution in [0.5, 0.6) is 0 Å². The fourth-order valence-electron chi connectivity index (χ4n) is 1.41. The number of amides is 1. The molecule has 0 aromatic carbocycles. The summed E-state index contributed by atoms with van der Waals surface area (Å²) in [5.74, 6) is -0.575. The summed E-state index contributed by atoms with van der Waals surface area (Å²) < 4.78 is 1.80. The summed E-state index contributed by atoms with van der Waals surface area (Å²) in [7, 11) is 1.84. The molecule has 0 unspecified atom stereocenters. The molecule has 0 bridgehead atoms. The Hall–Kier alpha value is -2.24. The lowest BCUT2D eigenvalue weighted by Crippen LogP contribution is -2.16. The van der Waals surface area contributed by atoms with E-state index in [0.29, 0.717) is 11.4 Å². The second-order valence-corrected chi connectivity index (χ2v) is 3.44. The molecule has 16 heavy (non-hydrogen) atoms. The first-order chi connectivity index (χ1) is 7.59. The molecule has 2 heterocycles. The Morgan fingerprint density at radius 3 is 2.75 bits per heavy atom. The van der Waals surface area contributed by atoms with Gasteiger partial charge in [0.05, 0.1) is 30.1 Å². The number of hydrogen-bond acceptors (Lipinski definition) is 4. The maximum atomic E-state index is 11.1. The van der Waals surface area contributed by atoms with Crippen molar-refractivity contribution in [2.24, 2.45) is 12.8 Å². The number of nitrogens with two attached hydrogens (primary N) is 1. The van der Waals surface area contributed by atoms with Gasteiger partial charge in [0.25, 0.3) is 5.91 Å². The first kappa shape index (κ1) is 10.3. The summed E-state index contributed by atoms with van der Waals surface area (Å²) in [6.45, 7) is 1.69. The average molecular weight is 217 g/mol. The lowest BCUT2D eigenvalue weighted by atomic mass is 10.2. The third-order valence-corrected chi connectivity index (χ3v) is 2.27. The highest BCUT2D eigenvalue weighted by Crippen LogP contribution is 2.15. The quantitative estimate of drug-likeness (QED) is 0.782. The third kappa shape index (κ3) is 1.65. The Kier molecular flexibility index (Phi) is 2.40. The number of rotatable bonds is 2. The molecule has 0 saturated carbocycles. The summed E-state index contributed by atoms with van der Waals surface area (Å²) in [5.41, 5.74) is 7.30. The lowest BCUT2D eigenvalue weighted by molar-refractivity contribution is 0.0994. The Balaban J connectivity index is 2.56. The molecule has 6 nitrogen and oxygen atoms in total. The van der Waals surface area contributed by atoms with Gasteiger partial charge >= 0.3 is 0 Å². The number of aromatic nitrogens is 4. The molecule has 1 amide bonds. The second-order valence-electron chi connectivity index (χ2n) is 3.44. The number of nitrogens with zero attached hydrogens (tertiary/aromatic N) is 4. The summed E-state index contributed by atoms with van der Waals surface area (Å²) in [4.78, 5) is 23.4. The van der Waals surface area contributed by atoms with Crippen LogP contribution >= 0.6 is 0 Å². The van der Waals surface area contributed by atoms with Gasteiger partial charge in [-0.2, -0.15) is 0 Å². The fraction of sp³-hybridized carbons (Fsp3) is 0.200.